The van der Waals surface area contributed by atoms with Crippen LogP contribution in [-0.4, -0.2) is 72.6 Å². The Hall–Kier alpha value is -3.65. The highest BCUT2D eigenvalue weighted by Crippen LogP contribution is 2.26. The molecule has 10 nitrogen and oxygen atoms in total. The smallest absolute Gasteiger partial charge is 0.407 e. The molecule has 200 valence electrons. The molecule has 0 aliphatic carbocycles. The molecule has 1 aromatic rings. The number of hydrogen-bond donors (Lipinski definition) is 1. The Morgan fingerprint density at radius 1 is 1.35 bits per heavy atom. The molecule has 1 heterocycles. The highest BCUT2D eigenvalue weighted by molar-refractivity contribution is 6.32. The fraction of sp³-hybridized carbons (Fsp3) is 0.480. The van der Waals surface area contributed by atoms with Crippen LogP contribution in [0.15, 0.2) is 28.2 Å². The van der Waals surface area contributed by atoms with Gasteiger partial charge in [0.15, 0.2) is 0 Å². The standard InChI is InChI=1S/C25H31ClFN5O5/c1-16(26)22(17-6-7-18(13-28)20(27)12-17)30-23(32(15-33)14-21(34)36-5)31-10-8-19(9-11-31)29-24(35)37-25(2,3)4/h6-7,12,15,19H,8-11,14H2,1-5H3,(H,29,35)/b22-16+,30-23?. The number of nitrogens with zero attached hydrogens (tertiary/aromatic N) is 4. The maximum Gasteiger partial charge on any atom is 0.407 e. The number of carbonyl (C=O) groups excluding carboxylic acids is 3. The molecule has 37 heavy (non-hydrogen) atoms. The highest BCUT2D eigenvalue weighted by atomic mass is 35.5. The van der Waals surface area contributed by atoms with Gasteiger partial charge in [0.05, 0.1) is 18.4 Å². The molecule has 0 aromatic heterocycles. The molecule has 1 aliphatic rings. The van der Waals surface area contributed by atoms with Gasteiger partial charge in [-0.15, -0.1) is 0 Å². The van der Waals surface area contributed by atoms with E-state index in [1.54, 1.807) is 38.7 Å². The molecule has 0 saturated carbocycles. The number of benzene rings is 1. The van der Waals surface area contributed by atoms with E-state index in [-0.39, 0.29) is 33.9 Å². The van der Waals surface area contributed by atoms with E-state index >= 15 is 0 Å². The number of amides is 2. The molecule has 1 saturated heterocycles. The van der Waals surface area contributed by atoms with E-state index in [2.05, 4.69) is 10.3 Å². The van der Waals surface area contributed by atoms with Gasteiger partial charge < -0.3 is 19.7 Å². The Morgan fingerprint density at radius 3 is 2.49 bits per heavy atom. The predicted molar refractivity (Wildman–Crippen MR) is 136 cm³/mol. The summed E-state index contributed by atoms with van der Waals surface area (Å²) in [5.41, 5.74) is -0.326. The van der Waals surface area contributed by atoms with Crippen LogP contribution in [0.1, 0.15) is 51.7 Å². The van der Waals surface area contributed by atoms with Gasteiger partial charge in [-0.05, 0) is 52.7 Å². The first kappa shape index (κ1) is 29.6. The first-order valence-electron chi connectivity index (χ1n) is 11.6. The third-order valence-electron chi connectivity index (χ3n) is 5.31. The van der Waals surface area contributed by atoms with Crippen molar-refractivity contribution >= 4 is 41.7 Å². The molecular weight excluding hydrogens is 505 g/mol. The molecule has 12 heteroatoms. The fourth-order valence-corrected chi connectivity index (χ4v) is 3.72. The summed E-state index contributed by atoms with van der Waals surface area (Å²) >= 11 is 6.31. The summed E-state index contributed by atoms with van der Waals surface area (Å²) in [7, 11) is 1.20. The number of esters is 1. The van der Waals surface area contributed by atoms with Crippen LogP contribution in [-0.2, 0) is 19.1 Å². The van der Waals surface area contributed by atoms with Crippen LogP contribution < -0.4 is 5.32 Å². The van der Waals surface area contributed by atoms with Gasteiger partial charge in [-0.2, -0.15) is 5.26 Å². The minimum absolute atomic E-state index is 0.107. The van der Waals surface area contributed by atoms with Crippen molar-refractivity contribution in [2.24, 2.45) is 4.99 Å². The lowest BCUT2D eigenvalue weighted by molar-refractivity contribution is -0.142. The second kappa shape index (κ2) is 13.1. The van der Waals surface area contributed by atoms with Crippen LogP contribution in [0.25, 0.3) is 5.70 Å². The summed E-state index contributed by atoms with van der Waals surface area (Å²) in [5.74, 6) is -1.31. The van der Waals surface area contributed by atoms with Gasteiger partial charge in [-0.25, -0.2) is 14.2 Å². The molecule has 0 bridgehead atoms. The number of nitriles is 1. The maximum atomic E-state index is 14.3. The van der Waals surface area contributed by atoms with E-state index in [0.717, 1.165) is 11.0 Å². The number of nitrogens with one attached hydrogen (secondary N) is 1. The van der Waals surface area contributed by atoms with Crippen molar-refractivity contribution in [3.05, 3.63) is 40.2 Å². The van der Waals surface area contributed by atoms with E-state index in [1.165, 1.54) is 19.2 Å². The van der Waals surface area contributed by atoms with Gasteiger partial charge in [0.2, 0.25) is 12.4 Å². The van der Waals surface area contributed by atoms with Crippen molar-refractivity contribution in [1.29, 1.82) is 5.26 Å². The molecule has 0 spiro atoms. The minimum Gasteiger partial charge on any atom is -0.468 e. The number of carbonyl (C=O) groups is 3. The van der Waals surface area contributed by atoms with Gasteiger partial charge in [0.1, 0.15) is 24.0 Å². The van der Waals surface area contributed by atoms with Crippen molar-refractivity contribution in [2.45, 2.75) is 52.2 Å². The van der Waals surface area contributed by atoms with Crippen molar-refractivity contribution < 1.29 is 28.2 Å². The van der Waals surface area contributed by atoms with E-state index in [1.807, 2.05) is 0 Å². The number of allylic oxidation sites excluding steroid dienone is 1. The van der Waals surface area contributed by atoms with Gasteiger partial charge in [0, 0.05) is 29.7 Å². The summed E-state index contributed by atoms with van der Waals surface area (Å²) in [6.45, 7) is 7.22. The zero-order valence-corrected chi connectivity index (χ0v) is 22.3. The minimum atomic E-state index is -0.747. The number of ether oxygens (including phenoxy) is 2. The molecule has 1 aromatic carbocycles. The van der Waals surface area contributed by atoms with Crippen molar-refractivity contribution in [1.82, 2.24) is 15.1 Å². The van der Waals surface area contributed by atoms with Crippen molar-refractivity contribution in [3.63, 3.8) is 0 Å². The predicted octanol–water partition coefficient (Wildman–Crippen LogP) is 3.60. The molecule has 0 unspecified atom stereocenters. The SMILES string of the molecule is COC(=O)CN(C=O)C(=N/C(=C(\C)Cl)c1ccc(C#N)c(F)c1)N1CCC(NC(=O)OC(C)(C)C)CC1. The number of methoxy groups -OCH3 is 1. The monoisotopic (exact) mass is 535 g/mol. The number of halogens is 2. The molecule has 1 N–H and O–H groups in total. The van der Waals surface area contributed by atoms with Crippen LogP contribution in [0.3, 0.4) is 0 Å². The number of guanidine groups is 1. The van der Waals surface area contributed by atoms with E-state index in [0.29, 0.717) is 32.3 Å². The Morgan fingerprint density at radius 2 is 2.00 bits per heavy atom. The van der Waals surface area contributed by atoms with Crippen molar-refractivity contribution in [3.8, 4) is 6.07 Å². The van der Waals surface area contributed by atoms with Gasteiger partial charge >= 0.3 is 12.1 Å². The lowest BCUT2D eigenvalue weighted by Gasteiger charge is -2.37. The first-order valence-corrected chi connectivity index (χ1v) is 11.9. The highest BCUT2D eigenvalue weighted by Gasteiger charge is 2.29. The zero-order chi connectivity index (χ0) is 27.8. The van der Waals surface area contributed by atoms with Crippen LogP contribution >= 0.6 is 11.6 Å². The summed E-state index contributed by atoms with van der Waals surface area (Å²) in [4.78, 5) is 43.6. The van der Waals surface area contributed by atoms with Crippen LogP contribution in [0.2, 0.25) is 0 Å². The third-order valence-corrected chi connectivity index (χ3v) is 5.49. The Labute approximate surface area is 220 Å². The average Bonchev–Trinajstić information content (AvgIpc) is 2.82. The average molecular weight is 536 g/mol. The van der Waals surface area contributed by atoms with Crippen LogP contribution in [0, 0.1) is 17.1 Å². The first-order chi connectivity index (χ1) is 17.4. The number of alkyl carbamates (subject to hydrolysis) is 1. The molecule has 2 rings (SSSR count). The number of likely N-dealkylation sites (tertiary alicyclic amines) is 1. The number of rotatable bonds is 6. The van der Waals surface area contributed by atoms with E-state index < -0.39 is 30.0 Å². The molecule has 1 fully saturated rings. The quantitative estimate of drug-likeness (QED) is 0.255. The molecular formula is C25H31ClFN5O5. The molecule has 2 amide bonds. The second-order valence-electron chi connectivity index (χ2n) is 9.32. The fourth-order valence-electron chi connectivity index (χ4n) is 3.57. The molecule has 0 atom stereocenters. The summed E-state index contributed by atoms with van der Waals surface area (Å²) < 4.78 is 24.4. The number of piperidine rings is 1. The molecule has 0 radical (unpaired) electrons. The maximum absolute atomic E-state index is 14.3. The Kier molecular flexibility index (Phi) is 10.4. The number of hydrogen-bond acceptors (Lipinski definition) is 7. The zero-order valence-electron chi connectivity index (χ0n) is 21.5. The summed E-state index contributed by atoms with van der Waals surface area (Å²) in [6.07, 6.45) is 0.938. The van der Waals surface area contributed by atoms with E-state index in [4.69, 9.17) is 26.3 Å². The largest absolute Gasteiger partial charge is 0.468 e. The van der Waals surface area contributed by atoms with Crippen LogP contribution in [0.4, 0.5) is 9.18 Å². The Bertz CT molecular complexity index is 1110. The number of aliphatic imine (C=N–C) groups is 1. The van der Waals surface area contributed by atoms with Gasteiger partial charge in [-0.3, -0.25) is 14.5 Å². The van der Waals surface area contributed by atoms with Gasteiger partial charge in [-0.1, -0.05) is 17.7 Å². The van der Waals surface area contributed by atoms with E-state index in [9.17, 15) is 18.8 Å². The lowest BCUT2D eigenvalue weighted by Crippen LogP contribution is -2.52. The van der Waals surface area contributed by atoms with Crippen molar-refractivity contribution in [2.75, 3.05) is 26.7 Å². The lowest BCUT2D eigenvalue weighted by atomic mass is 10.1. The van der Waals surface area contributed by atoms with Crippen LogP contribution in [0.5, 0.6) is 0 Å². The van der Waals surface area contributed by atoms with Gasteiger partial charge in [0.25, 0.3) is 0 Å². The Balaban J connectivity index is 2.38. The topological polar surface area (TPSA) is 124 Å². The summed E-state index contributed by atoms with van der Waals surface area (Å²) in [5, 5.41) is 12.1. The second-order valence-corrected chi connectivity index (χ2v) is 9.88. The summed E-state index contributed by atoms with van der Waals surface area (Å²) in [6, 6.07) is 5.51. The third kappa shape index (κ3) is 8.75. The molecule has 1 aliphatic heterocycles. The normalized spacial score (nSPS) is 15.3.